The van der Waals surface area contributed by atoms with Crippen molar-refractivity contribution in [3.63, 3.8) is 0 Å². The molecule has 1 rings (SSSR count). The molecule has 1 nitrogen and oxygen atoms in total. The highest BCUT2D eigenvalue weighted by Crippen LogP contribution is 2.10. The average molecular weight is 154 g/mol. The SMILES string of the molecule is Fc1ccccc1N[C]=S. The predicted molar refractivity (Wildman–Crippen MR) is 42.6 cm³/mol. The Balaban J connectivity index is 2.91. The first-order valence-electron chi connectivity index (χ1n) is 2.72. The van der Waals surface area contributed by atoms with Crippen LogP contribution in [0.1, 0.15) is 0 Å². The molecule has 0 heterocycles. The zero-order valence-electron chi connectivity index (χ0n) is 5.10. The van der Waals surface area contributed by atoms with Gasteiger partial charge in [0.2, 0.25) is 0 Å². The molecule has 0 bridgehead atoms. The van der Waals surface area contributed by atoms with Gasteiger partial charge in [0.25, 0.3) is 0 Å². The lowest BCUT2D eigenvalue weighted by Crippen LogP contribution is -1.93. The van der Waals surface area contributed by atoms with Crippen LogP contribution in [-0.4, -0.2) is 5.49 Å². The smallest absolute Gasteiger partial charge is 0.146 e. The highest BCUT2D eigenvalue weighted by atomic mass is 32.1. The number of hydrogen-bond donors (Lipinski definition) is 1. The second-order valence-electron chi connectivity index (χ2n) is 1.71. The van der Waals surface area contributed by atoms with E-state index in [2.05, 4.69) is 23.0 Å². The first-order valence-corrected chi connectivity index (χ1v) is 3.13. The Morgan fingerprint density at radius 1 is 1.40 bits per heavy atom. The van der Waals surface area contributed by atoms with E-state index in [1.165, 1.54) is 6.07 Å². The van der Waals surface area contributed by atoms with Crippen molar-refractivity contribution in [2.24, 2.45) is 0 Å². The molecule has 0 amide bonds. The van der Waals surface area contributed by atoms with Crippen LogP contribution in [0.2, 0.25) is 0 Å². The largest absolute Gasteiger partial charge is 0.342 e. The second-order valence-corrected chi connectivity index (χ2v) is 1.91. The molecule has 0 spiro atoms. The van der Waals surface area contributed by atoms with Crippen molar-refractivity contribution in [2.75, 3.05) is 5.32 Å². The van der Waals surface area contributed by atoms with Crippen molar-refractivity contribution >= 4 is 23.4 Å². The Kier molecular flexibility index (Phi) is 2.34. The summed E-state index contributed by atoms with van der Waals surface area (Å²) >= 11 is 4.37. The average Bonchev–Trinajstić information content (AvgIpc) is 1.94. The lowest BCUT2D eigenvalue weighted by Gasteiger charge is -1.97. The van der Waals surface area contributed by atoms with E-state index in [4.69, 9.17) is 0 Å². The molecule has 1 radical (unpaired) electrons. The maximum atomic E-state index is 12.6. The van der Waals surface area contributed by atoms with Crippen molar-refractivity contribution in [1.82, 2.24) is 0 Å². The molecule has 3 heteroatoms. The van der Waals surface area contributed by atoms with Crippen LogP contribution in [0.15, 0.2) is 24.3 Å². The molecule has 51 valence electrons. The number of hydrogen-bond acceptors (Lipinski definition) is 1. The zero-order chi connectivity index (χ0) is 7.40. The van der Waals surface area contributed by atoms with E-state index in [-0.39, 0.29) is 5.82 Å². The van der Waals surface area contributed by atoms with Crippen LogP contribution in [0.3, 0.4) is 0 Å². The van der Waals surface area contributed by atoms with E-state index >= 15 is 0 Å². The van der Waals surface area contributed by atoms with Crippen LogP contribution in [0, 0.1) is 5.82 Å². The van der Waals surface area contributed by atoms with E-state index in [1.807, 2.05) is 0 Å². The molecule has 10 heavy (non-hydrogen) atoms. The number of thiocarbonyl (C=S) groups is 1. The summed E-state index contributed by atoms with van der Waals surface area (Å²) in [5.41, 5.74) is 2.58. The van der Waals surface area contributed by atoms with Gasteiger partial charge in [0.1, 0.15) is 11.3 Å². The van der Waals surface area contributed by atoms with Gasteiger partial charge >= 0.3 is 0 Å². The summed E-state index contributed by atoms with van der Waals surface area (Å²) in [6, 6.07) is 6.28. The van der Waals surface area contributed by atoms with E-state index in [0.29, 0.717) is 5.69 Å². The summed E-state index contributed by atoms with van der Waals surface area (Å²) in [4.78, 5) is 0. The van der Waals surface area contributed by atoms with Crippen LogP contribution >= 0.6 is 12.2 Å². The van der Waals surface area contributed by atoms with Gasteiger partial charge in [-0.2, -0.15) is 0 Å². The summed E-state index contributed by atoms with van der Waals surface area (Å²) in [6.45, 7) is 0. The second kappa shape index (κ2) is 3.27. The quantitative estimate of drug-likeness (QED) is 0.517. The van der Waals surface area contributed by atoms with Gasteiger partial charge in [-0.05, 0) is 12.1 Å². The first-order chi connectivity index (χ1) is 4.84. The number of halogens is 1. The fraction of sp³-hybridized carbons (Fsp3) is 0. The fourth-order valence-corrected chi connectivity index (χ4v) is 0.728. The van der Waals surface area contributed by atoms with Gasteiger partial charge in [0.15, 0.2) is 0 Å². The molecule has 0 aliphatic carbocycles. The molecule has 0 aliphatic heterocycles. The van der Waals surface area contributed by atoms with Crippen LogP contribution in [0.4, 0.5) is 10.1 Å². The number of anilines is 1. The van der Waals surface area contributed by atoms with Gasteiger partial charge in [-0.3, -0.25) is 0 Å². The monoisotopic (exact) mass is 154 g/mol. The summed E-state index contributed by atoms with van der Waals surface area (Å²) in [5.74, 6) is -0.320. The number of para-hydroxylation sites is 1. The van der Waals surface area contributed by atoms with Crippen molar-refractivity contribution < 1.29 is 4.39 Å². The van der Waals surface area contributed by atoms with Crippen molar-refractivity contribution in [1.29, 1.82) is 0 Å². The molecule has 0 fully saturated rings. The van der Waals surface area contributed by atoms with Crippen molar-refractivity contribution in [2.45, 2.75) is 0 Å². The molecule has 1 aromatic rings. The van der Waals surface area contributed by atoms with Crippen LogP contribution in [0.5, 0.6) is 0 Å². The predicted octanol–water partition coefficient (Wildman–Crippen LogP) is 2.07. The topological polar surface area (TPSA) is 12.0 Å². The van der Waals surface area contributed by atoms with E-state index in [0.717, 1.165) is 0 Å². The summed E-state index contributed by atoms with van der Waals surface area (Å²) in [5, 5.41) is 2.47. The molecule has 0 saturated carbocycles. The van der Waals surface area contributed by atoms with Crippen molar-refractivity contribution in [3.8, 4) is 0 Å². The van der Waals surface area contributed by atoms with Crippen molar-refractivity contribution in [3.05, 3.63) is 30.1 Å². The van der Waals surface area contributed by atoms with Gasteiger partial charge in [-0.15, -0.1) is 0 Å². The lowest BCUT2D eigenvalue weighted by atomic mass is 10.3. The molecule has 1 aromatic carbocycles. The minimum absolute atomic E-state index is 0.320. The molecular formula is C7H5FNS. The molecule has 0 unspecified atom stereocenters. The number of nitrogens with one attached hydrogen (secondary N) is 1. The highest BCUT2D eigenvalue weighted by Gasteiger charge is 1.95. The van der Waals surface area contributed by atoms with Gasteiger partial charge in [0, 0.05) is 0 Å². The highest BCUT2D eigenvalue weighted by molar-refractivity contribution is 7.79. The third kappa shape index (κ3) is 1.51. The van der Waals surface area contributed by atoms with E-state index in [1.54, 1.807) is 18.2 Å². The lowest BCUT2D eigenvalue weighted by molar-refractivity contribution is 0.632. The number of benzene rings is 1. The minimum atomic E-state index is -0.320. The maximum Gasteiger partial charge on any atom is 0.146 e. The standard InChI is InChI=1S/C7H5FNS/c8-6-3-1-2-4-7(6)9-5-10/h1-4H,(H,9,10). The Bertz CT molecular complexity index is 237. The third-order valence-electron chi connectivity index (χ3n) is 1.06. The first kappa shape index (κ1) is 7.15. The molecular weight excluding hydrogens is 149 g/mol. The normalized spacial score (nSPS) is 8.90. The van der Waals surface area contributed by atoms with Gasteiger partial charge in [-0.1, -0.05) is 24.4 Å². The van der Waals surface area contributed by atoms with E-state index < -0.39 is 0 Å². The van der Waals surface area contributed by atoms with Crippen LogP contribution in [-0.2, 0) is 0 Å². The third-order valence-corrected chi connectivity index (χ3v) is 1.16. The van der Waals surface area contributed by atoms with Gasteiger partial charge < -0.3 is 5.32 Å². The Morgan fingerprint density at radius 2 is 2.10 bits per heavy atom. The van der Waals surface area contributed by atoms with Crippen LogP contribution < -0.4 is 5.32 Å². The van der Waals surface area contributed by atoms with E-state index in [9.17, 15) is 4.39 Å². The Labute approximate surface area is 63.9 Å². The zero-order valence-corrected chi connectivity index (χ0v) is 5.91. The maximum absolute atomic E-state index is 12.6. The van der Waals surface area contributed by atoms with Gasteiger partial charge in [0.05, 0.1) is 5.69 Å². The summed E-state index contributed by atoms with van der Waals surface area (Å²) in [6.07, 6.45) is 0. The molecule has 0 aliphatic rings. The molecule has 0 atom stereocenters. The minimum Gasteiger partial charge on any atom is -0.342 e. The number of rotatable bonds is 2. The molecule has 0 aromatic heterocycles. The molecule has 1 N–H and O–H groups in total. The summed E-state index contributed by atoms with van der Waals surface area (Å²) < 4.78 is 12.6. The van der Waals surface area contributed by atoms with Gasteiger partial charge in [-0.25, -0.2) is 4.39 Å². The summed E-state index contributed by atoms with van der Waals surface area (Å²) in [7, 11) is 0. The molecule has 0 saturated heterocycles. The fourth-order valence-electron chi connectivity index (χ4n) is 0.618. The van der Waals surface area contributed by atoms with Crippen LogP contribution in [0.25, 0.3) is 0 Å². The Hall–Kier alpha value is -0.960. The Morgan fingerprint density at radius 3 is 2.70 bits per heavy atom.